The van der Waals surface area contributed by atoms with Crippen LogP contribution in [0.2, 0.25) is 0 Å². The van der Waals surface area contributed by atoms with E-state index in [4.69, 9.17) is 5.73 Å². The molecular weight excluding hydrogens is 214 g/mol. The molecule has 0 unspecified atom stereocenters. The van der Waals surface area contributed by atoms with E-state index in [1.54, 1.807) is 6.07 Å². The highest BCUT2D eigenvalue weighted by Crippen LogP contribution is 2.20. The first-order valence-corrected chi connectivity index (χ1v) is 6.28. The summed E-state index contributed by atoms with van der Waals surface area (Å²) in [6.45, 7) is 0. The average Bonchev–Trinajstić information content (AvgIpc) is 2.58. The molecule has 3 N–H and O–H groups in total. The van der Waals surface area contributed by atoms with Crippen LogP contribution in [0.15, 0.2) is 18.3 Å². The van der Waals surface area contributed by atoms with Crippen LogP contribution in [-0.4, -0.2) is 16.9 Å². The number of carbonyl (C=O) groups excluding carboxylic acids is 1. The highest BCUT2D eigenvalue weighted by molar-refractivity contribution is 5.92. The standard InChI is InChI=1S/C13H19N3O/c14-13(17)10-7-8-12(15-9-10)16-11-5-3-1-2-4-6-11/h7-9,11H,1-6H2,(H2,14,17)(H,15,16). The summed E-state index contributed by atoms with van der Waals surface area (Å²) in [6.07, 6.45) is 9.20. The Morgan fingerprint density at radius 1 is 1.24 bits per heavy atom. The maximum absolute atomic E-state index is 10.9. The van der Waals surface area contributed by atoms with Gasteiger partial charge < -0.3 is 11.1 Å². The number of pyridine rings is 1. The molecule has 4 nitrogen and oxygen atoms in total. The van der Waals surface area contributed by atoms with Crippen LogP contribution in [0.25, 0.3) is 0 Å². The number of primary amides is 1. The van der Waals surface area contributed by atoms with Gasteiger partial charge in [-0.1, -0.05) is 25.7 Å². The van der Waals surface area contributed by atoms with Gasteiger partial charge in [0.2, 0.25) is 5.91 Å². The first-order chi connectivity index (χ1) is 8.25. The molecule has 0 aliphatic heterocycles. The molecule has 0 spiro atoms. The van der Waals surface area contributed by atoms with Crippen LogP contribution >= 0.6 is 0 Å². The molecule has 1 aliphatic rings. The van der Waals surface area contributed by atoms with Crippen LogP contribution in [-0.2, 0) is 0 Å². The Morgan fingerprint density at radius 2 is 1.94 bits per heavy atom. The Balaban J connectivity index is 1.95. The molecule has 1 aromatic rings. The molecule has 1 amide bonds. The lowest BCUT2D eigenvalue weighted by Crippen LogP contribution is -2.19. The summed E-state index contributed by atoms with van der Waals surface area (Å²) in [5.74, 6) is 0.403. The molecule has 0 atom stereocenters. The van der Waals surface area contributed by atoms with Gasteiger partial charge in [-0.05, 0) is 25.0 Å². The lowest BCUT2D eigenvalue weighted by Gasteiger charge is -2.16. The Morgan fingerprint density at radius 3 is 2.47 bits per heavy atom. The molecule has 0 aromatic carbocycles. The van der Waals surface area contributed by atoms with Crippen molar-refractivity contribution in [2.45, 2.75) is 44.6 Å². The van der Waals surface area contributed by atoms with E-state index in [-0.39, 0.29) is 0 Å². The van der Waals surface area contributed by atoms with Crippen molar-refractivity contribution in [1.29, 1.82) is 0 Å². The number of rotatable bonds is 3. The first-order valence-electron chi connectivity index (χ1n) is 6.28. The van der Waals surface area contributed by atoms with Gasteiger partial charge in [-0.3, -0.25) is 4.79 Å². The number of amides is 1. The molecule has 92 valence electrons. The number of nitrogens with two attached hydrogens (primary N) is 1. The Hall–Kier alpha value is -1.58. The monoisotopic (exact) mass is 233 g/mol. The molecule has 4 heteroatoms. The number of anilines is 1. The van der Waals surface area contributed by atoms with Crippen molar-refractivity contribution < 1.29 is 4.79 Å². The maximum Gasteiger partial charge on any atom is 0.250 e. The highest BCUT2D eigenvalue weighted by atomic mass is 16.1. The summed E-state index contributed by atoms with van der Waals surface area (Å²) >= 11 is 0. The SMILES string of the molecule is NC(=O)c1ccc(NC2CCCCCC2)nc1. The van der Waals surface area contributed by atoms with Crippen LogP contribution in [0.4, 0.5) is 5.82 Å². The molecule has 0 saturated heterocycles. The fourth-order valence-corrected chi connectivity index (χ4v) is 2.26. The number of hydrogen-bond acceptors (Lipinski definition) is 3. The van der Waals surface area contributed by atoms with Crippen molar-refractivity contribution in [3.8, 4) is 0 Å². The van der Waals surface area contributed by atoms with E-state index in [9.17, 15) is 4.79 Å². The van der Waals surface area contributed by atoms with Gasteiger partial charge >= 0.3 is 0 Å². The second kappa shape index (κ2) is 5.66. The minimum atomic E-state index is -0.432. The summed E-state index contributed by atoms with van der Waals surface area (Å²) in [5.41, 5.74) is 5.62. The second-order valence-corrected chi connectivity index (χ2v) is 4.63. The van der Waals surface area contributed by atoms with Crippen molar-refractivity contribution in [2.75, 3.05) is 5.32 Å². The quantitative estimate of drug-likeness (QED) is 0.787. The Labute approximate surface area is 102 Å². The molecule has 17 heavy (non-hydrogen) atoms. The van der Waals surface area contributed by atoms with E-state index in [1.807, 2.05) is 6.07 Å². The van der Waals surface area contributed by atoms with Gasteiger partial charge in [0.25, 0.3) is 0 Å². The van der Waals surface area contributed by atoms with E-state index in [2.05, 4.69) is 10.3 Å². The third kappa shape index (κ3) is 3.44. The van der Waals surface area contributed by atoms with E-state index >= 15 is 0 Å². The van der Waals surface area contributed by atoms with Crippen molar-refractivity contribution in [2.24, 2.45) is 5.73 Å². The summed E-state index contributed by atoms with van der Waals surface area (Å²) in [6, 6.07) is 4.06. The molecule has 1 fully saturated rings. The fourth-order valence-electron chi connectivity index (χ4n) is 2.26. The fraction of sp³-hybridized carbons (Fsp3) is 0.538. The maximum atomic E-state index is 10.9. The topological polar surface area (TPSA) is 68.0 Å². The highest BCUT2D eigenvalue weighted by Gasteiger charge is 2.12. The Kier molecular flexibility index (Phi) is 3.96. The zero-order chi connectivity index (χ0) is 12.1. The van der Waals surface area contributed by atoms with Gasteiger partial charge in [0.15, 0.2) is 0 Å². The molecule has 2 rings (SSSR count). The van der Waals surface area contributed by atoms with Crippen LogP contribution in [0.3, 0.4) is 0 Å². The van der Waals surface area contributed by atoms with E-state index in [0.29, 0.717) is 11.6 Å². The van der Waals surface area contributed by atoms with Crippen LogP contribution < -0.4 is 11.1 Å². The van der Waals surface area contributed by atoms with Crippen molar-refractivity contribution in [3.05, 3.63) is 23.9 Å². The molecule has 1 saturated carbocycles. The van der Waals surface area contributed by atoms with Gasteiger partial charge in [0.05, 0.1) is 5.56 Å². The van der Waals surface area contributed by atoms with Crippen LogP contribution in [0.1, 0.15) is 48.9 Å². The number of carbonyl (C=O) groups is 1. The summed E-state index contributed by atoms with van der Waals surface area (Å²) in [5, 5.41) is 3.42. The van der Waals surface area contributed by atoms with Crippen LogP contribution in [0.5, 0.6) is 0 Å². The molecule has 1 aliphatic carbocycles. The number of hydrogen-bond donors (Lipinski definition) is 2. The summed E-state index contributed by atoms with van der Waals surface area (Å²) in [7, 11) is 0. The van der Waals surface area contributed by atoms with Crippen LogP contribution in [0, 0.1) is 0 Å². The molecule has 0 radical (unpaired) electrons. The van der Waals surface area contributed by atoms with Gasteiger partial charge in [0, 0.05) is 12.2 Å². The van der Waals surface area contributed by atoms with Gasteiger partial charge in [0.1, 0.15) is 5.82 Å². The molecule has 1 aromatic heterocycles. The lowest BCUT2D eigenvalue weighted by atomic mass is 10.1. The third-order valence-corrected chi connectivity index (χ3v) is 3.26. The van der Waals surface area contributed by atoms with Gasteiger partial charge in [-0.2, -0.15) is 0 Å². The molecule has 1 heterocycles. The normalized spacial score (nSPS) is 17.4. The zero-order valence-electron chi connectivity index (χ0n) is 9.98. The largest absolute Gasteiger partial charge is 0.367 e. The summed E-state index contributed by atoms with van der Waals surface area (Å²) in [4.78, 5) is 15.1. The van der Waals surface area contributed by atoms with E-state index < -0.39 is 5.91 Å². The first kappa shape index (κ1) is 11.9. The smallest absolute Gasteiger partial charge is 0.250 e. The van der Waals surface area contributed by atoms with E-state index in [0.717, 1.165) is 5.82 Å². The number of nitrogens with zero attached hydrogens (tertiary/aromatic N) is 1. The molecular formula is C13H19N3O. The average molecular weight is 233 g/mol. The lowest BCUT2D eigenvalue weighted by molar-refractivity contribution is 0.1000. The van der Waals surface area contributed by atoms with E-state index in [1.165, 1.54) is 44.7 Å². The third-order valence-electron chi connectivity index (χ3n) is 3.26. The van der Waals surface area contributed by atoms with Crippen molar-refractivity contribution >= 4 is 11.7 Å². The number of aromatic nitrogens is 1. The Bertz CT molecular complexity index is 367. The summed E-state index contributed by atoms with van der Waals surface area (Å²) < 4.78 is 0. The minimum absolute atomic E-state index is 0.432. The molecule has 0 bridgehead atoms. The van der Waals surface area contributed by atoms with Crippen molar-refractivity contribution in [1.82, 2.24) is 4.98 Å². The zero-order valence-corrected chi connectivity index (χ0v) is 9.98. The predicted molar refractivity (Wildman–Crippen MR) is 67.9 cm³/mol. The number of nitrogens with one attached hydrogen (secondary N) is 1. The van der Waals surface area contributed by atoms with Crippen molar-refractivity contribution in [3.63, 3.8) is 0 Å². The van der Waals surface area contributed by atoms with Gasteiger partial charge in [-0.15, -0.1) is 0 Å². The second-order valence-electron chi connectivity index (χ2n) is 4.63. The van der Waals surface area contributed by atoms with Gasteiger partial charge in [-0.25, -0.2) is 4.98 Å². The minimum Gasteiger partial charge on any atom is -0.367 e. The predicted octanol–water partition coefficient (Wildman–Crippen LogP) is 2.32.